The van der Waals surface area contributed by atoms with Crippen LogP contribution in [0.3, 0.4) is 0 Å². The van der Waals surface area contributed by atoms with E-state index >= 15 is 0 Å². The van der Waals surface area contributed by atoms with E-state index in [0.717, 1.165) is 16.3 Å². The summed E-state index contributed by atoms with van der Waals surface area (Å²) in [4.78, 5) is 24.8. The molecule has 2 N–H and O–H groups in total. The second-order valence-corrected chi connectivity index (χ2v) is 7.48. The standard InChI is InChI=1S/C24H19NO4/c26-23(27)22-19-9-3-7-17(19)18-8-4-10-20(21(18)25-22)24(28)29-16-12-11-14-5-1-2-6-15(14)13-16/h1-8,10-13,17,19,22,25H,9H2,(H,26,27). The molecule has 0 bridgehead atoms. The molecule has 3 aromatic carbocycles. The Morgan fingerprint density at radius 1 is 1.00 bits per heavy atom. The van der Waals surface area contributed by atoms with Gasteiger partial charge in [-0.05, 0) is 41.0 Å². The lowest BCUT2D eigenvalue weighted by Crippen LogP contribution is -2.42. The maximum atomic E-state index is 13.0. The third-order valence-corrected chi connectivity index (χ3v) is 5.81. The minimum atomic E-state index is -0.910. The molecule has 0 amide bonds. The van der Waals surface area contributed by atoms with Crippen molar-refractivity contribution in [1.82, 2.24) is 0 Å². The topological polar surface area (TPSA) is 75.6 Å². The van der Waals surface area contributed by atoms with E-state index in [0.29, 0.717) is 23.4 Å². The van der Waals surface area contributed by atoms with E-state index in [9.17, 15) is 14.7 Å². The fourth-order valence-corrected chi connectivity index (χ4v) is 4.43. The minimum absolute atomic E-state index is 0.0132. The smallest absolute Gasteiger partial charge is 0.345 e. The number of para-hydroxylation sites is 1. The number of ether oxygens (including phenoxy) is 1. The molecule has 3 unspecified atom stereocenters. The van der Waals surface area contributed by atoms with Gasteiger partial charge in [0, 0.05) is 11.8 Å². The second-order valence-electron chi connectivity index (χ2n) is 7.48. The van der Waals surface area contributed by atoms with Gasteiger partial charge in [-0.15, -0.1) is 0 Å². The summed E-state index contributed by atoms with van der Waals surface area (Å²) in [5.41, 5.74) is 1.84. The van der Waals surface area contributed by atoms with Crippen molar-refractivity contribution in [3.8, 4) is 5.75 Å². The first kappa shape index (κ1) is 17.5. The molecule has 3 aromatic rings. The molecule has 0 aromatic heterocycles. The summed E-state index contributed by atoms with van der Waals surface area (Å²) in [7, 11) is 0. The number of hydrogen-bond acceptors (Lipinski definition) is 4. The van der Waals surface area contributed by atoms with Crippen molar-refractivity contribution < 1.29 is 19.4 Å². The molecule has 0 fully saturated rings. The first-order chi connectivity index (χ1) is 14.1. The minimum Gasteiger partial charge on any atom is -0.480 e. The monoisotopic (exact) mass is 385 g/mol. The van der Waals surface area contributed by atoms with E-state index in [1.54, 1.807) is 12.1 Å². The normalized spacial score (nSPS) is 21.9. The third-order valence-electron chi connectivity index (χ3n) is 5.81. The van der Waals surface area contributed by atoms with Crippen LogP contribution in [0.1, 0.15) is 28.3 Å². The molecule has 5 heteroatoms. The molecule has 2 aliphatic rings. The quantitative estimate of drug-likeness (QED) is 0.392. The molecule has 1 aliphatic heterocycles. The number of aliphatic carboxylic acids is 1. The Labute approximate surface area is 167 Å². The predicted octanol–water partition coefficient (Wildman–Crippen LogP) is 4.60. The Kier molecular flexibility index (Phi) is 4.09. The van der Waals surface area contributed by atoms with E-state index in [2.05, 4.69) is 5.32 Å². The summed E-state index contributed by atoms with van der Waals surface area (Å²) >= 11 is 0. The maximum absolute atomic E-state index is 13.0. The molecule has 144 valence electrons. The SMILES string of the molecule is O=C(Oc1ccc2ccccc2c1)c1cccc2c1NC(C(=O)O)C1CC=CC21. The molecule has 1 heterocycles. The molecule has 5 nitrogen and oxygen atoms in total. The van der Waals surface area contributed by atoms with Gasteiger partial charge < -0.3 is 15.2 Å². The van der Waals surface area contributed by atoms with Crippen molar-refractivity contribution >= 4 is 28.4 Å². The number of benzene rings is 3. The number of hydrogen-bond donors (Lipinski definition) is 2. The van der Waals surface area contributed by atoms with E-state index < -0.39 is 18.0 Å². The number of esters is 1. The molecule has 3 atom stereocenters. The molecule has 0 saturated heterocycles. The highest BCUT2D eigenvalue weighted by Crippen LogP contribution is 2.45. The molecule has 5 rings (SSSR count). The van der Waals surface area contributed by atoms with Crippen LogP contribution in [0.15, 0.2) is 72.8 Å². The Bertz CT molecular complexity index is 1170. The molecule has 0 saturated carbocycles. The van der Waals surface area contributed by atoms with Gasteiger partial charge >= 0.3 is 11.9 Å². The van der Waals surface area contributed by atoms with Crippen LogP contribution in [0, 0.1) is 5.92 Å². The van der Waals surface area contributed by atoms with Crippen LogP contribution in [0.5, 0.6) is 5.75 Å². The Morgan fingerprint density at radius 3 is 2.66 bits per heavy atom. The van der Waals surface area contributed by atoms with Gasteiger partial charge in [0.05, 0.1) is 11.3 Å². The average molecular weight is 385 g/mol. The molecular formula is C24H19NO4. The van der Waals surface area contributed by atoms with Crippen LogP contribution >= 0.6 is 0 Å². The number of carboxylic acid groups (broad SMARTS) is 1. The van der Waals surface area contributed by atoms with Gasteiger partial charge in [0.1, 0.15) is 11.8 Å². The second kappa shape index (κ2) is 6.78. The van der Waals surface area contributed by atoms with Crippen LogP contribution in [-0.4, -0.2) is 23.1 Å². The lowest BCUT2D eigenvalue weighted by Gasteiger charge is -2.35. The van der Waals surface area contributed by atoms with Gasteiger partial charge in [0.15, 0.2) is 0 Å². The average Bonchev–Trinajstić information content (AvgIpc) is 3.22. The number of nitrogens with one attached hydrogen (secondary N) is 1. The lowest BCUT2D eigenvalue weighted by molar-refractivity contribution is -0.139. The van der Waals surface area contributed by atoms with Crippen molar-refractivity contribution in [2.45, 2.75) is 18.4 Å². The van der Waals surface area contributed by atoms with Crippen LogP contribution in [0.4, 0.5) is 5.69 Å². The first-order valence-corrected chi connectivity index (χ1v) is 9.62. The number of allylic oxidation sites excluding steroid dienone is 2. The number of carbonyl (C=O) groups is 2. The van der Waals surface area contributed by atoms with E-state index in [1.165, 1.54) is 0 Å². The number of carboxylic acids is 1. The fourth-order valence-electron chi connectivity index (χ4n) is 4.43. The molecular weight excluding hydrogens is 366 g/mol. The van der Waals surface area contributed by atoms with Crippen LogP contribution in [0.25, 0.3) is 10.8 Å². The van der Waals surface area contributed by atoms with Gasteiger partial charge in [0.2, 0.25) is 0 Å². The lowest BCUT2D eigenvalue weighted by atomic mass is 9.78. The molecule has 29 heavy (non-hydrogen) atoms. The predicted molar refractivity (Wildman–Crippen MR) is 110 cm³/mol. The molecule has 1 aliphatic carbocycles. The zero-order valence-electron chi connectivity index (χ0n) is 15.5. The van der Waals surface area contributed by atoms with Crippen molar-refractivity contribution in [3.05, 3.63) is 83.9 Å². The third kappa shape index (κ3) is 2.95. The zero-order chi connectivity index (χ0) is 20.0. The van der Waals surface area contributed by atoms with Gasteiger partial charge in [-0.25, -0.2) is 9.59 Å². The van der Waals surface area contributed by atoms with Crippen LogP contribution in [-0.2, 0) is 4.79 Å². The van der Waals surface area contributed by atoms with E-state index in [-0.39, 0.29) is 11.8 Å². The Balaban J connectivity index is 1.50. The largest absolute Gasteiger partial charge is 0.480 e. The van der Waals surface area contributed by atoms with Crippen molar-refractivity contribution in [1.29, 1.82) is 0 Å². The Morgan fingerprint density at radius 2 is 1.83 bits per heavy atom. The highest BCUT2D eigenvalue weighted by atomic mass is 16.5. The number of anilines is 1. The van der Waals surface area contributed by atoms with E-state index in [4.69, 9.17) is 4.74 Å². The van der Waals surface area contributed by atoms with Crippen LogP contribution < -0.4 is 10.1 Å². The summed E-state index contributed by atoms with van der Waals surface area (Å²) < 4.78 is 5.64. The summed E-state index contributed by atoms with van der Waals surface area (Å²) in [6, 6.07) is 18.0. The summed E-state index contributed by atoms with van der Waals surface area (Å²) in [6.45, 7) is 0. The fraction of sp³-hybridized carbons (Fsp3) is 0.167. The van der Waals surface area contributed by atoms with Gasteiger partial charge in [0.25, 0.3) is 0 Å². The van der Waals surface area contributed by atoms with E-state index in [1.807, 2.05) is 60.7 Å². The number of fused-ring (bicyclic) bond motifs is 4. The van der Waals surface area contributed by atoms with Crippen molar-refractivity contribution in [3.63, 3.8) is 0 Å². The summed E-state index contributed by atoms with van der Waals surface area (Å²) in [5, 5.41) is 14.8. The zero-order valence-corrected chi connectivity index (χ0v) is 15.5. The maximum Gasteiger partial charge on any atom is 0.345 e. The highest BCUT2D eigenvalue weighted by Gasteiger charge is 2.42. The number of rotatable bonds is 3. The van der Waals surface area contributed by atoms with Gasteiger partial charge in [-0.3, -0.25) is 0 Å². The summed E-state index contributed by atoms with van der Waals surface area (Å²) in [5.74, 6) is -1.02. The van der Waals surface area contributed by atoms with Crippen LogP contribution in [0.2, 0.25) is 0 Å². The number of carbonyl (C=O) groups excluding carboxylic acids is 1. The highest BCUT2D eigenvalue weighted by molar-refractivity contribution is 5.99. The molecule has 0 radical (unpaired) electrons. The first-order valence-electron chi connectivity index (χ1n) is 9.62. The summed E-state index contributed by atoms with van der Waals surface area (Å²) in [6.07, 6.45) is 4.76. The van der Waals surface area contributed by atoms with Gasteiger partial charge in [-0.1, -0.05) is 54.6 Å². The van der Waals surface area contributed by atoms with Crippen molar-refractivity contribution in [2.24, 2.45) is 5.92 Å². The van der Waals surface area contributed by atoms with Crippen molar-refractivity contribution in [2.75, 3.05) is 5.32 Å². The molecule has 0 spiro atoms. The Hall–Kier alpha value is -3.60. The van der Waals surface area contributed by atoms with Gasteiger partial charge in [-0.2, -0.15) is 0 Å².